The number of hydrogen-bond acceptors (Lipinski definition) is 6. The molecule has 180 valence electrons. The molecule has 5 rings (SSSR count). The van der Waals surface area contributed by atoms with Crippen LogP contribution in [0, 0.1) is 11.2 Å². The lowest BCUT2D eigenvalue weighted by molar-refractivity contribution is 0.0447. The van der Waals surface area contributed by atoms with E-state index in [9.17, 15) is 13.6 Å². The zero-order chi connectivity index (χ0) is 23.8. The maximum absolute atomic E-state index is 14.1. The number of rotatable bonds is 5. The zero-order valence-corrected chi connectivity index (χ0v) is 19.3. The number of halogens is 3. The van der Waals surface area contributed by atoms with Crippen LogP contribution in [0.3, 0.4) is 0 Å². The van der Waals surface area contributed by atoms with Crippen molar-refractivity contribution in [2.45, 2.75) is 43.9 Å². The lowest BCUT2D eigenvalue weighted by Crippen LogP contribution is -2.47. The molecule has 3 saturated heterocycles. The molecule has 2 N–H and O–H groups in total. The van der Waals surface area contributed by atoms with Crippen LogP contribution in [0.5, 0.6) is 5.75 Å². The number of alkyl halides is 1. The van der Waals surface area contributed by atoms with Gasteiger partial charge in [0, 0.05) is 42.7 Å². The van der Waals surface area contributed by atoms with Crippen molar-refractivity contribution in [1.82, 2.24) is 15.1 Å². The molecule has 3 atom stereocenters. The van der Waals surface area contributed by atoms with Crippen LogP contribution >= 0.6 is 11.6 Å². The van der Waals surface area contributed by atoms with Crippen LogP contribution in [-0.2, 0) is 0 Å². The van der Waals surface area contributed by atoms with Gasteiger partial charge in [0.2, 0.25) is 0 Å². The normalized spacial score (nSPS) is 28.8. The van der Waals surface area contributed by atoms with E-state index < -0.39 is 5.82 Å². The molecule has 34 heavy (non-hydrogen) atoms. The minimum atomic E-state index is -0.481. The molecule has 0 aliphatic carbocycles. The minimum Gasteiger partial charge on any atom is -0.489 e. The van der Waals surface area contributed by atoms with Crippen molar-refractivity contribution in [3.8, 4) is 5.75 Å². The Hall–Kier alpha value is -2.78. The van der Waals surface area contributed by atoms with E-state index in [1.54, 1.807) is 6.20 Å². The summed E-state index contributed by atoms with van der Waals surface area (Å²) < 4.78 is 33.3. The Morgan fingerprint density at radius 2 is 2.03 bits per heavy atom. The van der Waals surface area contributed by atoms with Crippen LogP contribution in [0.25, 0.3) is 0 Å². The summed E-state index contributed by atoms with van der Waals surface area (Å²) in [5.74, 6) is -0.118. The second kappa shape index (κ2) is 9.46. The SMILES string of the molecule is N=C1CN(C(=O)c2ccc(F)cc2O[C@H]2C[C@H]3CC[C@@H](C2)N3CCF)C/C1=C1\N=CC(Cl)=CN1. The Morgan fingerprint density at radius 1 is 1.26 bits per heavy atom. The van der Waals surface area contributed by atoms with Gasteiger partial charge < -0.3 is 20.4 Å². The first kappa shape index (κ1) is 23.0. The summed E-state index contributed by atoms with van der Waals surface area (Å²) in [5, 5.41) is 11.7. The first-order valence-electron chi connectivity index (χ1n) is 11.5. The topological polar surface area (TPSA) is 81.0 Å². The van der Waals surface area contributed by atoms with E-state index in [0.717, 1.165) is 25.7 Å². The second-order valence-corrected chi connectivity index (χ2v) is 9.50. The number of amides is 1. The summed E-state index contributed by atoms with van der Waals surface area (Å²) in [7, 11) is 0. The minimum absolute atomic E-state index is 0.120. The van der Waals surface area contributed by atoms with Crippen LogP contribution < -0.4 is 10.1 Å². The van der Waals surface area contributed by atoms with Gasteiger partial charge in [-0.1, -0.05) is 11.6 Å². The van der Waals surface area contributed by atoms with Crippen LogP contribution in [-0.4, -0.2) is 72.1 Å². The number of ether oxygens (including phenoxy) is 1. The highest BCUT2D eigenvalue weighted by atomic mass is 35.5. The van der Waals surface area contributed by atoms with Gasteiger partial charge in [0.05, 0.1) is 29.4 Å². The summed E-state index contributed by atoms with van der Waals surface area (Å²) in [6.07, 6.45) is 6.36. The lowest BCUT2D eigenvalue weighted by atomic mass is 9.99. The smallest absolute Gasteiger partial charge is 0.258 e. The largest absolute Gasteiger partial charge is 0.489 e. The number of piperidine rings is 1. The van der Waals surface area contributed by atoms with Gasteiger partial charge >= 0.3 is 0 Å². The Bertz CT molecular complexity index is 1090. The summed E-state index contributed by atoms with van der Waals surface area (Å²) in [5.41, 5.74) is 1.15. The molecule has 0 saturated carbocycles. The highest BCUT2D eigenvalue weighted by Gasteiger charge is 2.41. The molecule has 4 heterocycles. The zero-order valence-electron chi connectivity index (χ0n) is 18.6. The molecule has 0 radical (unpaired) electrons. The Labute approximate surface area is 201 Å². The molecule has 10 heteroatoms. The number of nitrogens with zero attached hydrogens (tertiary/aromatic N) is 3. The quantitative estimate of drug-likeness (QED) is 0.662. The standard InChI is InChI=1S/C24H26ClF2N5O2/c25-14-10-29-23(30-11-14)20-12-31(13-21(20)28)24(33)19-4-1-15(27)7-22(19)34-18-8-16-2-3-17(9-18)32(16)6-5-26/h1,4,7,10-11,16-18,28-29H,2-3,5-6,8-9,12-13H2/b23-20+,28-21?/t16-,17+,18+. The van der Waals surface area contributed by atoms with Crippen molar-refractivity contribution in [3.63, 3.8) is 0 Å². The fraction of sp³-hybridized carbons (Fsp3) is 0.458. The molecule has 7 nitrogen and oxygen atoms in total. The van der Waals surface area contributed by atoms with Gasteiger partial charge in [-0.25, -0.2) is 13.8 Å². The highest BCUT2D eigenvalue weighted by Crippen LogP contribution is 2.38. The molecular weight excluding hydrogens is 464 g/mol. The van der Waals surface area contributed by atoms with Crippen LogP contribution in [0.2, 0.25) is 0 Å². The van der Waals surface area contributed by atoms with Gasteiger partial charge in [0.1, 0.15) is 30.2 Å². The highest BCUT2D eigenvalue weighted by molar-refractivity contribution is 6.39. The molecular formula is C24H26ClF2N5O2. The maximum Gasteiger partial charge on any atom is 0.258 e. The van der Waals surface area contributed by atoms with Gasteiger partial charge in [0.25, 0.3) is 5.91 Å². The molecule has 1 amide bonds. The number of benzene rings is 1. The Morgan fingerprint density at radius 3 is 2.71 bits per heavy atom. The summed E-state index contributed by atoms with van der Waals surface area (Å²) >= 11 is 5.88. The van der Waals surface area contributed by atoms with Gasteiger partial charge in [-0.05, 0) is 37.8 Å². The van der Waals surface area contributed by atoms with E-state index in [1.165, 1.54) is 29.3 Å². The molecule has 0 unspecified atom stereocenters. The van der Waals surface area contributed by atoms with E-state index in [0.29, 0.717) is 23.0 Å². The van der Waals surface area contributed by atoms with Crippen LogP contribution in [0.15, 0.2) is 45.8 Å². The number of carbonyl (C=O) groups is 1. The summed E-state index contributed by atoms with van der Waals surface area (Å²) in [6, 6.07) is 4.45. The second-order valence-electron chi connectivity index (χ2n) is 9.06. The van der Waals surface area contributed by atoms with Crippen LogP contribution in [0.1, 0.15) is 36.0 Å². The van der Waals surface area contributed by atoms with Crippen molar-refractivity contribution < 1.29 is 18.3 Å². The van der Waals surface area contributed by atoms with Gasteiger partial charge in [-0.2, -0.15) is 0 Å². The molecule has 0 aromatic heterocycles. The molecule has 2 bridgehead atoms. The predicted octanol–water partition coefficient (Wildman–Crippen LogP) is 3.61. The average molecular weight is 490 g/mol. The molecule has 1 aromatic carbocycles. The first-order valence-corrected chi connectivity index (χ1v) is 11.8. The predicted molar refractivity (Wildman–Crippen MR) is 126 cm³/mol. The number of fused-ring (bicyclic) bond motifs is 2. The van der Waals surface area contributed by atoms with Gasteiger partial charge in [-0.15, -0.1) is 0 Å². The van der Waals surface area contributed by atoms with Crippen molar-refractivity contribution in [2.75, 3.05) is 26.3 Å². The number of carbonyl (C=O) groups excluding carboxylic acids is 1. The third-order valence-corrected chi connectivity index (χ3v) is 7.16. The summed E-state index contributed by atoms with van der Waals surface area (Å²) in [4.78, 5) is 21.3. The number of hydrogen-bond donors (Lipinski definition) is 2. The van der Waals surface area contributed by atoms with Gasteiger partial charge in [0.15, 0.2) is 0 Å². The molecule has 1 aromatic rings. The van der Waals surface area contributed by atoms with E-state index >= 15 is 0 Å². The van der Waals surface area contributed by atoms with E-state index in [4.69, 9.17) is 21.7 Å². The van der Waals surface area contributed by atoms with Crippen molar-refractivity contribution in [2.24, 2.45) is 4.99 Å². The first-order chi connectivity index (χ1) is 16.4. The number of likely N-dealkylation sites (tertiary alicyclic amines) is 1. The maximum atomic E-state index is 14.1. The van der Waals surface area contributed by atoms with E-state index in [1.807, 2.05) is 0 Å². The molecule has 4 aliphatic heterocycles. The van der Waals surface area contributed by atoms with Crippen molar-refractivity contribution >= 4 is 29.4 Å². The Kier molecular flexibility index (Phi) is 6.40. The van der Waals surface area contributed by atoms with Crippen LogP contribution in [0.4, 0.5) is 8.78 Å². The molecule has 3 fully saturated rings. The average Bonchev–Trinajstić information content (AvgIpc) is 3.30. The molecule has 0 spiro atoms. The third-order valence-electron chi connectivity index (χ3n) is 6.95. The molecule has 4 aliphatic rings. The van der Waals surface area contributed by atoms with E-state index in [-0.39, 0.29) is 60.9 Å². The monoisotopic (exact) mass is 489 g/mol. The third kappa shape index (κ3) is 4.46. The van der Waals surface area contributed by atoms with Crippen molar-refractivity contribution in [1.29, 1.82) is 5.41 Å². The number of allylic oxidation sites excluding steroid dienone is 1. The summed E-state index contributed by atoms with van der Waals surface area (Å²) in [6.45, 7) is 0.389. The number of nitrogens with one attached hydrogen (secondary N) is 2. The Balaban J connectivity index is 1.33. The number of aliphatic imine (C=N–C) groups is 1. The fourth-order valence-electron chi connectivity index (χ4n) is 5.40. The van der Waals surface area contributed by atoms with Crippen molar-refractivity contribution in [3.05, 3.63) is 52.2 Å². The van der Waals surface area contributed by atoms with Gasteiger partial charge in [-0.3, -0.25) is 9.69 Å². The lowest BCUT2D eigenvalue weighted by Gasteiger charge is -2.38. The van der Waals surface area contributed by atoms with E-state index in [2.05, 4.69) is 15.2 Å². The fourth-order valence-corrected chi connectivity index (χ4v) is 5.50.